The molecule has 0 spiro atoms. The molecule has 4 aromatic rings. The molecule has 28 heavy (non-hydrogen) atoms. The molecule has 0 amide bonds. The number of rotatable bonds is 5. The Balaban J connectivity index is 1.65. The minimum Gasteiger partial charge on any atom is -0.305 e. The first-order valence-electron chi connectivity index (χ1n) is 9.27. The van der Waals surface area contributed by atoms with E-state index in [0.29, 0.717) is 0 Å². The van der Waals surface area contributed by atoms with Crippen molar-refractivity contribution in [2.45, 2.75) is 31.7 Å². The number of aromatic nitrogens is 3. The Morgan fingerprint density at radius 2 is 1.71 bits per heavy atom. The predicted octanol–water partition coefficient (Wildman–Crippen LogP) is 6.43. The number of hydrogen-bond acceptors (Lipinski definition) is 4. The van der Waals surface area contributed by atoms with Crippen LogP contribution in [0.2, 0.25) is 0 Å². The van der Waals surface area contributed by atoms with Crippen LogP contribution in [0.25, 0.3) is 22.5 Å². The average molecular weight is 406 g/mol. The fraction of sp³-hybridized carbons (Fsp3) is 0.217. The molecular formula is C23H23N3S2. The van der Waals surface area contributed by atoms with Crippen LogP contribution in [0.5, 0.6) is 0 Å². The van der Waals surface area contributed by atoms with Crippen LogP contribution in [0.15, 0.2) is 59.1 Å². The Kier molecular flexibility index (Phi) is 5.38. The molecule has 0 aliphatic heterocycles. The van der Waals surface area contributed by atoms with Crippen LogP contribution in [-0.2, 0) is 12.8 Å². The van der Waals surface area contributed by atoms with Crippen molar-refractivity contribution in [2.24, 2.45) is 7.05 Å². The van der Waals surface area contributed by atoms with Crippen LogP contribution < -0.4 is 0 Å². The quantitative estimate of drug-likeness (QED) is 0.359. The number of aryl methyl sites for hydroxylation is 3. The summed E-state index contributed by atoms with van der Waals surface area (Å²) in [7, 11) is 2.06. The largest absolute Gasteiger partial charge is 0.305 e. The molecule has 142 valence electrons. The van der Waals surface area contributed by atoms with Crippen molar-refractivity contribution >= 4 is 23.1 Å². The maximum absolute atomic E-state index is 4.54. The van der Waals surface area contributed by atoms with E-state index in [1.54, 1.807) is 23.1 Å². The Morgan fingerprint density at radius 3 is 2.46 bits per heavy atom. The Morgan fingerprint density at radius 1 is 0.964 bits per heavy atom. The summed E-state index contributed by atoms with van der Waals surface area (Å²) in [6.07, 6.45) is 0. The molecule has 0 aliphatic carbocycles. The van der Waals surface area contributed by atoms with Crippen LogP contribution in [0, 0.1) is 20.8 Å². The summed E-state index contributed by atoms with van der Waals surface area (Å²) in [5.74, 6) is 1.82. The van der Waals surface area contributed by atoms with E-state index in [0.717, 1.165) is 22.3 Å². The first-order valence-corrected chi connectivity index (χ1v) is 11.1. The highest BCUT2D eigenvalue weighted by molar-refractivity contribution is 7.98. The molecule has 2 heterocycles. The van der Waals surface area contributed by atoms with Gasteiger partial charge in [-0.3, -0.25) is 0 Å². The van der Waals surface area contributed by atoms with Gasteiger partial charge in [0.15, 0.2) is 11.0 Å². The summed E-state index contributed by atoms with van der Waals surface area (Å²) in [6.45, 7) is 6.44. The molecule has 2 aromatic heterocycles. The lowest BCUT2D eigenvalue weighted by Crippen LogP contribution is -1.96. The van der Waals surface area contributed by atoms with Gasteiger partial charge < -0.3 is 4.57 Å². The van der Waals surface area contributed by atoms with Gasteiger partial charge in [0.1, 0.15) is 0 Å². The van der Waals surface area contributed by atoms with Gasteiger partial charge in [-0.2, -0.15) is 0 Å². The molecule has 2 aromatic carbocycles. The number of hydrogen-bond donors (Lipinski definition) is 0. The lowest BCUT2D eigenvalue weighted by Gasteiger charge is -2.08. The van der Waals surface area contributed by atoms with Crippen molar-refractivity contribution < 1.29 is 0 Å². The summed E-state index contributed by atoms with van der Waals surface area (Å²) < 4.78 is 2.11. The standard InChI is InChI=1S/C23H23N3S2/c1-15-9-11-18(12-10-15)21-17(3)27-14-20(21)22-24-25-23(26(22)4)28-13-19-8-6-5-7-16(19)2/h5-12,14H,13H2,1-4H3. The third-order valence-corrected chi connectivity index (χ3v) is 6.99. The zero-order valence-electron chi connectivity index (χ0n) is 16.6. The second-order valence-corrected chi connectivity index (χ2v) is 9.05. The first kappa shape index (κ1) is 19.0. The monoisotopic (exact) mass is 405 g/mol. The molecule has 5 heteroatoms. The van der Waals surface area contributed by atoms with Gasteiger partial charge in [0.25, 0.3) is 0 Å². The van der Waals surface area contributed by atoms with Gasteiger partial charge in [0, 0.05) is 34.2 Å². The Labute approximate surface area is 174 Å². The topological polar surface area (TPSA) is 30.7 Å². The molecule has 0 bridgehead atoms. The van der Waals surface area contributed by atoms with Gasteiger partial charge in [-0.15, -0.1) is 21.5 Å². The van der Waals surface area contributed by atoms with E-state index in [1.807, 2.05) is 0 Å². The van der Waals surface area contributed by atoms with Crippen LogP contribution in [-0.4, -0.2) is 14.8 Å². The minimum atomic E-state index is 0.895. The summed E-state index contributed by atoms with van der Waals surface area (Å²) in [5.41, 5.74) is 7.57. The van der Waals surface area contributed by atoms with Gasteiger partial charge in [-0.25, -0.2) is 0 Å². The molecule has 0 N–H and O–H groups in total. The number of nitrogens with zero attached hydrogens (tertiary/aromatic N) is 3. The van der Waals surface area contributed by atoms with Crippen molar-refractivity contribution in [2.75, 3.05) is 0 Å². The third-order valence-electron chi connectivity index (χ3n) is 5.01. The lowest BCUT2D eigenvalue weighted by molar-refractivity contribution is 0.794. The van der Waals surface area contributed by atoms with E-state index < -0.39 is 0 Å². The Bertz CT molecular complexity index is 1110. The SMILES string of the molecule is Cc1ccc(-c2c(-c3nnc(SCc4ccccc4C)n3C)csc2C)cc1. The van der Waals surface area contributed by atoms with Crippen LogP contribution in [0.3, 0.4) is 0 Å². The van der Waals surface area contributed by atoms with Gasteiger partial charge >= 0.3 is 0 Å². The fourth-order valence-electron chi connectivity index (χ4n) is 3.29. The molecule has 0 radical (unpaired) electrons. The van der Waals surface area contributed by atoms with Crippen molar-refractivity contribution in [3.63, 3.8) is 0 Å². The molecule has 0 saturated heterocycles. The molecule has 0 fully saturated rings. The molecule has 0 atom stereocenters. The first-order chi connectivity index (χ1) is 13.5. The molecule has 3 nitrogen and oxygen atoms in total. The normalized spacial score (nSPS) is 11.1. The number of thiophene rings is 1. The van der Waals surface area contributed by atoms with Gasteiger partial charge in [0.2, 0.25) is 0 Å². The minimum absolute atomic E-state index is 0.895. The van der Waals surface area contributed by atoms with Crippen LogP contribution >= 0.6 is 23.1 Å². The molecule has 0 unspecified atom stereocenters. The van der Waals surface area contributed by atoms with Crippen molar-refractivity contribution in [3.8, 4) is 22.5 Å². The maximum atomic E-state index is 4.54. The highest BCUT2D eigenvalue weighted by Crippen LogP contribution is 2.39. The van der Waals surface area contributed by atoms with Crippen molar-refractivity contribution in [1.82, 2.24) is 14.8 Å². The van der Waals surface area contributed by atoms with E-state index in [9.17, 15) is 0 Å². The van der Waals surface area contributed by atoms with Gasteiger partial charge in [0.05, 0.1) is 0 Å². The Hall–Kier alpha value is -2.37. The van der Waals surface area contributed by atoms with E-state index in [1.165, 1.54) is 32.7 Å². The van der Waals surface area contributed by atoms with E-state index in [-0.39, 0.29) is 0 Å². The number of benzene rings is 2. The van der Waals surface area contributed by atoms with E-state index in [4.69, 9.17) is 0 Å². The van der Waals surface area contributed by atoms with Crippen LogP contribution in [0.4, 0.5) is 0 Å². The summed E-state index contributed by atoms with van der Waals surface area (Å²) >= 11 is 3.50. The maximum Gasteiger partial charge on any atom is 0.191 e. The third kappa shape index (κ3) is 3.64. The smallest absolute Gasteiger partial charge is 0.191 e. The van der Waals surface area contributed by atoms with Gasteiger partial charge in [-0.05, 0) is 37.5 Å². The predicted molar refractivity (Wildman–Crippen MR) is 120 cm³/mol. The lowest BCUT2D eigenvalue weighted by atomic mass is 10.0. The van der Waals surface area contributed by atoms with E-state index >= 15 is 0 Å². The van der Waals surface area contributed by atoms with Crippen LogP contribution in [0.1, 0.15) is 21.6 Å². The average Bonchev–Trinajstić information content (AvgIpc) is 3.24. The van der Waals surface area contributed by atoms with Gasteiger partial charge in [-0.1, -0.05) is 65.9 Å². The molecular weight excluding hydrogens is 382 g/mol. The molecule has 0 aliphatic rings. The highest BCUT2D eigenvalue weighted by atomic mass is 32.2. The summed E-state index contributed by atoms with van der Waals surface area (Å²) in [5, 5.41) is 12.2. The number of thioether (sulfide) groups is 1. The summed E-state index contributed by atoms with van der Waals surface area (Å²) in [4.78, 5) is 1.30. The highest BCUT2D eigenvalue weighted by Gasteiger charge is 2.19. The summed E-state index contributed by atoms with van der Waals surface area (Å²) in [6, 6.07) is 17.2. The van der Waals surface area contributed by atoms with E-state index in [2.05, 4.69) is 96.5 Å². The van der Waals surface area contributed by atoms with Crippen molar-refractivity contribution in [3.05, 3.63) is 75.5 Å². The second-order valence-electron chi connectivity index (χ2n) is 7.03. The second kappa shape index (κ2) is 7.94. The zero-order chi connectivity index (χ0) is 19.7. The van der Waals surface area contributed by atoms with Crippen molar-refractivity contribution in [1.29, 1.82) is 0 Å². The zero-order valence-corrected chi connectivity index (χ0v) is 18.2. The fourth-order valence-corrected chi connectivity index (χ4v) is 5.14. The molecule has 4 rings (SSSR count). The molecule has 0 saturated carbocycles.